The first-order valence-corrected chi connectivity index (χ1v) is 10.7. The quantitative estimate of drug-likeness (QED) is 0.581. The van der Waals surface area contributed by atoms with Gasteiger partial charge in [-0.15, -0.1) is 0 Å². The van der Waals surface area contributed by atoms with Crippen LogP contribution in [0.1, 0.15) is 35.7 Å². The third kappa shape index (κ3) is 5.12. The second-order valence-corrected chi connectivity index (χ2v) is 8.24. The Kier molecular flexibility index (Phi) is 6.33. The second-order valence-electron chi connectivity index (χ2n) is 8.24. The first-order chi connectivity index (χ1) is 15.0. The van der Waals surface area contributed by atoms with E-state index in [4.69, 9.17) is 4.74 Å². The molecule has 1 saturated heterocycles. The van der Waals surface area contributed by atoms with E-state index in [0.717, 1.165) is 60.2 Å². The predicted octanol–water partition coefficient (Wildman–Crippen LogP) is 4.90. The lowest BCUT2D eigenvalue weighted by Crippen LogP contribution is -2.38. The number of carbonyl (C=O) groups excluding carboxylic acids is 2. The van der Waals surface area contributed by atoms with Crippen LogP contribution in [0.4, 0.5) is 5.69 Å². The van der Waals surface area contributed by atoms with Crippen molar-refractivity contribution < 1.29 is 14.3 Å². The van der Waals surface area contributed by atoms with Crippen molar-refractivity contribution in [2.45, 2.75) is 26.3 Å². The minimum Gasteiger partial charge on any atom is -0.497 e. The van der Waals surface area contributed by atoms with Crippen molar-refractivity contribution in [3.05, 3.63) is 71.8 Å². The normalized spacial score (nSPS) is 16.8. The van der Waals surface area contributed by atoms with E-state index < -0.39 is 0 Å². The summed E-state index contributed by atoms with van der Waals surface area (Å²) in [5.74, 6) is 0.990. The highest BCUT2D eigenvalue weighted by molar-refractivity contribution is 6.01. The Morgan fingerprint density at radius 2 is 1.77 bits per heavy atom. The number of benzene rings is 3. The summed E-state index contributed by atoms with van der Waals surface area (Å²) in [4.78, 5) is 26.7. The largest absolute Gasteiger partial charge is 0.497 e. The van der Waals surface area contributed by atoms with Crippen LogP contribution in [-0.4, -0.2) is 36.8 Å². The average Bonchev–Trinajstić information content (AvgIpc) is 2.79. The van der Waals surface area contributed by atoms with E-state index in [1.54, 1.807) is 7.11 Å². The molecule has 0 saturated carbocycles. The standard InChI is InChI=1S/C26H28N2O3/c1-18(29)27-24-10-5-19(6-11-24)16-28-13-3-4-23(17-28)26(30)22-8-7-21-15-25(31-2)12-9-20(21)14-22/h5-12,14-15,23H,3-4,13,16-17H2,1-2H3,(H,27,29)/t23-/m0/s1. The van der Waals surface area contributed by atoms with Crippen molar-refractivity contribution in [1.29, 1.82) is 0 Å². The molecule has 5 nitrogen and oxygen atoms in total. The molecule has 31 heavy (non-hydrogen) atoms. The summed E-state index contributed by atoms with van der Waals surface area (Å²) in [7, 11) is 1.66. The van der Waals surface area contributed by atoms with Gasteiger partial charge in [0, 0.05) is 37.2 Å². The number of rotatable bonds is 6. The van der Waals surface area contributed by atoms with Crippen LogP contribution in [0.2, 0.25) is 0 Å². The van der Waals surface area contributed by atoms with Crippen LogP contribution in [0, 0.1) is 5.92 Å². The smallest absolute Gasteiger partial charge is 0.221 e. The van der Waals surface area contributed by atoms with Crippen molar-refractivity contribution in [1.82, 2.24) is 4.90 Å². The maximum absolute atomic E-state index is 13.2. The molecule has 1 aliphatic heterocycles. The Morgan fingerprint density at radius 3 is 2.52 bits per heavy atom. The van der Waals surface area contributed by atoms with Crippen LogP contribution in [0.5, 0.6) is 5.75 Å². The lowest BCUT2D eigenvalue weighted by molar-refractivity contribution is -0.114. The van der Waals surface area contributed by atoms with Gasteiger partial charge in [-0.1, -0.05) is 30.3 Å². The van der Waals surface area contributed by atoms with E-state index in [0.29, 0.717) is 0 Å². The monoisotopic (exact) mass is 416 g/mol. The Labute approximate surface area is 183 Å². The molecule has 5 heteroatoms. The Morgan fingerprint density at radius 1 is 1.03 bits per heavy atom. The first kappa shape index (κ1) is 21.1. The number of ether oxygens (including phenoxy) is 1. The number of nitrogens with zero attached hydrogens (tertiary/aromatic N) is 1. The molecule has 160 valence electrons. The molecular weight excluding hydrogens is 388 g/mol. The number of likely N-dealkylation sites (tertiary alicyclic amines) is 1. The SMILES string of the molecule is COc1ccc2cc(C(=O)[C@H]3CCCN(Cc4ccc(NC(C)=O)cc4)C3)ccc2c1. The van der Waals surface area contributed by atoms with Gasteiger partial charge >= 0.3 is 0 Å². The molecule has 3 aromatic rings. The molecular formula is C26H28N2O3. The van der Waals surface area contributed by atoms with Gasteiger partial charge in [0.15, 0.2) is 5.78 Å². The van der Waals surface area contributed by atoms with Crippen LogP contribution >= 0.6 is 0 Å². The van der Waals surface area contributed by atoms with Crippen LogP contribution in [0.15, 0.2) is 60.7 Å². The van der Waals surface area contributed by atoms with E-state index >= 15 is 0 Å². The lowest BCUT2D eigenvalue weighted by atomic mass is 9.89. The van der Waals surface area contributed by atoms with E-state index in [-0.39, 0.29) is 17.6 Å². The van der Waals surface area contributed by atoms with Crippen LogP contribution in [0.25, 0.3) is 10.8 Å². The number of anilines is 1. The number of carbonyl (C=O) groups is 2. The molecule has 1 atom stereocenters. The number of fused-ring (bicyclic) bond motifs is 1. The predicted molar refractivity (Wildman–Crippen MR) is 124 cm³/mol. The molecule has 0 radical (unpaired) electrons. The third-order valence-electron chi connectivity index (χ3n) is 5.89. The average molecular weight is 417 g/mol. The lowest BCUT2D eigenvalue weighted by Gasteiger charge is -2.32. The fourth-order valence-corrected chi connectivity index (χ4v) is 4.31. The minimum atomic E-state index is -0.0713. The van der Waals surface area contributed by atoms with Gasteiger partial charge in [0.05, 0.1) is 7.11 Å². The van der Waals surface area contributed by atoms with E-state index in [9.17, 15) is 9.59 Å². The van der Waals surface area contributed by atoms with Crippen LogP contribution in [0.3, 0.4) is 0 Å². The van der Waals surface area contributed by atoms with Gasteiger partial charge in [-0.3, -0.25) is 14.5 Å². The van der Waals surface area contributed by atoms with E-state index in [1.165, 1.54) is 12.5 Å². The molecule has 0 spiro atoms. The van der Waals surface area contributed by atoms with Crippen LogP contribution in [-0.2, 0) is 11.3 Å². The number of amides is 1. The number of hydrogen-bond donors (Lipinski definition) is 1. The molecule has 1 aliphatic rings. The number of ketones is 1. The maximum Gasteiger partial charge on any atom is 0.221 e. The van der Waals surface area contributed by atoms with Crippen molar-refractivity contribution in [3.8, 4) is 5.75 Å². The molecule has 1 N–H and O–H groups in total. The molecule has 0 unspecified atom stereocenters. The molecule has 0 aromatic heterocycles. The topological polar surface area (TPSA) is 58.6 Å². The molecule has 4 rings (SSSR count). The zero-order chi connectivity index (χ0) is 21.8. The van der Waals surface area contributed by atoms with Gasteiger partial charge in [-0.2, -0.15) is 0 Å². The third-order valence-corrected chi connectivity index (χ3v) is 5.89. The highest BCUT2D eigenvalue weighted by Crippen LogP contribution is 2.26. The number of piperidine rings is 1. The molecule has 1 amide bonds. The summed E-state index contributed by atoms with van der Waals surface area (Å²) in [5, 5.41) is 4.92. The highest BCUT2D eigenvalue weighted by atomic mass is 16.5. The van der Waals surface area contributed by atoms with Crippen molar-refractivity contribution in [3.63, 3.8) is 0 Å². The van der Waals surface area contributed by atoms with Crippen molar-refractivity contribution >= 4 is 28.2 Å². The van der Waals surface area contributed by atoms with Gasteiger partial charge in [0.2, 0.25) is 5.91 Å². The summed E-state index contributed by atoms with van der Waals surface area (Å²) in [6.45, 7) is 4.08. The van der Waals surface area contributed by atoms with Crippen molar-refractivity contribution in [2.75, 3.05) is 25.5 Å². The first-order valence-electron chi connectivity index (χ1n) is 10.7. The minimum absolute atomic E-state index is 0.0168. The fraction of sp³-hybridized carbons (Fsp3) is 0.308. The summed E-state index contributed by atoms with van der Waals surface area (Å²) in [6, 6.07) is 19.8. The Hall–Kier alpha value is -3.18. The summed E-state index contributed by atoms with van der Waals surface area (Å²) in [5.41, 5.74) is 2.77. The van der Waals surface area contributed by atoms with Crippen LogP contribution < -0.4 is 10.1 Å². The molecule has 0 bridgehead atoms. The number of methoxy groups -OCH3 is 1. The molecule has 3 aromatic carbocycles. The second kappa shape index (κ2) is 9.31. The van der Waals surface area contributed by atoms with Gasteiger partial charge < -0.3 is 10.1 Å². The van der Waals surface area contributed by atoms with E-state index in [1.807, 2.05) is 60.7 Å². The maximum atomic E-state index is 13.2. The van der Waals surface area contributed by atoms with Gasteiger partial charge in [-0.25, -0.2) is 0 Å². The fourth-order valence-electron chi connectivity index (χ4n) is 4.31. The summed E-state index contributed by atoms with van der Waals surface area (Å²) < 4.78 is 5.29. The Bertz CT molecular complexity index is 1090. The summed E-state index contributed by atoms with van der Waals surface area (Å²) >= 11 is 0. The zero-order valence-electron chi connectivity index (χ0n) is 18.1. The molecule has 0 aliphatic carbocycles. The van der Waals surface area contributed by atoms with Crippen molar-refractivity contribution in [2.24, 2.45) is 5.92 Å². The van der Waals surface area contributed by atoms with Gasteiger partial charge in [0.1, 0.15) is 5.75 Å². The zero-order valence-corrected chi connectivity index (χ0v) is 18.1. The summed E-state index contributed by atoms with van der Waals surface area (Å²) in [6.07, 6.45) is 1.95. The number of nitrogens with one attached hydrogen (secondary N) is 1. The highest BCUT2D eigenvalue weighted by Gasteiger charge is 2.26. The molecule has 1 heterocycles. The Balaban J connectivity index is 1.42. The number of Topliss-reactive ketones (excluding diaryl/α,β-unsaturated/α-hetero) is 1. The number of hydrogen-bond acceptors (Lipinski definition) is 4. The van der Waals surface area contributed by atoms with Gasteiger partial charge in [-0.05, 0) is 66.1 Å². The molecule has 1 fully saturated rings. The van der Waals surface area contributed by atoms with E-state index in [2.05, 4.69) is 10.2 Å². The van der Waals surface area contributed by atoms with Gasteiger partial charge in [0.25, 0.3) is 0 Å².